The minimum absolute atomic E-state index is 0.775. The monoisotopic (exact) mass is 306 g/mol. The maximum absolute atomic E-state index is 4.63. The molecule has 0 aliphatic rings. The molecule has 0 spiro atoms. The summed E-state index contributed by atoms with van der Waals surface area (Å²) in [4.78, 5) is 4.63. The second-order valence-corrected chi connectivity index (χ2v) is 5.78. The highest BCUT2D eigenvalue weighted by molar-refractivity contribution is 5.99. The minimum Gasteiger partial charge on any atom is -0.309 e. The normalized spacial score (nSPS) is 11.9. The Morgan fingerprint density at radius 2 is 1.91 bits per heavy atom. The Morgan fingerprint density at radius 3 is 2.65 bits per heavy atom. The third-order valence-electron chi connectivity index (χ3n) is 4.22. The molecule has 3 aromatic rings. The third kappa shape index (κ3) is 2.97. The Labute approximate surface area is 136 Å². The van der Waals surface area contributed by atoms with E-state index in [1.54, 1.807) is 0 Å². The molecule has 0 aliphatic heterocycles. The highest BCUT2D eigenvalue weighted by atomic mass is 15.4. The van der Waals surface area contributed by atoms with E-state index in [4.69, 9.17) is 0 Å². The van der Waals surface area contributed by atoms with Gasteiger partial charge in [0.25, 0.3) is 0 Å². The number of rotatable bonds is 4. The standard InChI is InChI=1S/C19H22N4/c1-5-23-18-9-7-6-8-17(18)20-19(23)22-21-15(4)16-11-10-13(2)14(3)12-16/h6-12H,5H2,1-4H3,(H,20,22)/b21-15+. The summed E-state index contributed by atoms with van der Waals surface area (Å²) in [6, 6.07) is 14.5. The lowest BCUT2D eigenvalue weighted by Gasteiger charge is -2.07. The fraction of sp³-hybridized carbons (Fsp3) is 0.263. The van der Waals surface area contributed by atoms with Crippen LogP contribution < -0.4 is 5.43 Å². The molecule has 0 fully saturated rings. The molecule has 2 aromatic carbocycles. The number of nitrogens with one attached hydrogen (secondary N) is 1. The number of hydrazone groups is 1. The van der Waals surface area contributed by atoms with E-state index >= 15 is 0 Å². The van der Waals surface area contributed by atoms with Crippen LogP contribution in [0.5, 0.6) is 0 Å². The van der Waals surface area contributed by atoms with E-state index in [-0.39, 0.29) is 0 Å². The zero-order valence-electron chi connectivity index (χ0n) is 14.1. The fourth-order valence-electron chi connectivity index (χ4n) is 2.65. The van der Waals surface area contributed by atoms with Crippen molar-refractivity contribution in [3.63, 3.8) is 0 Å². The Hall–Kier alpha value is -2.62. The number of hydrogen-bond donors (Lipinski definition) is 1. The molecule has 3 rings (SSSR count). The molecule has 1 heterocycles. The lowest BCUT2D eigenvalue weighted by Crippen LogP contribution is -2.05. The summed E-state index contributed by atoms with van der Waals surface area (Å²) in [5, 5.41) is 4.52. The number of fused-ring (bicyclic) bond motifs is 1. The SMILES string of the molecule is CCn1c(N/N=C(\C)c2ccc(C)c(C)c2)nc2ccccc21. The number of aromatic nitrogens is 2. The van der Waals surface area contributed by atoms with Gasteiger partial charge in [-0.15, -0.1) is 0 Å². The van der Waals surface area contributed by atoms with Gasteiger partial charge in [0, 0.05) is 6.54 Å². The molecule has 23 heavy (non-hydrogen) atoms. The first-order valence-corrected chi connectivity index (χ1v) is 7.93. The van der Waals surface area contributed by atoms with Crippen LogP contribution in [0.25, 0.3) is 11.0 Å². The first-order chi connectivity index (χ1) is 11.1. The zero-order chi connectivity index (χ0) is 16.4. The molecule has 0 saturated carbocycles. The molecule has 0 bridgehead atoms. The van der Waals surface area contributed by atoms with E-state index in [1.165, 1.54) is 11.1 Å². The molecule has 0 atom stereocenters. The Morgan fingerprint density at radius 1 is 1.13 bits per heavy atom. The summed E-state index contributed by atoms with van der Waals surface area (Å²) in [5.41, 5.74) is 9.87. The Balaban J connectivity index is 1.91. The Bertz CT molecular complexity index is 874. The van der Waals surface area contributed by atoms with Crippen molar-refractivity contribution in [1.82, 2.24) is 9.55 Å². The second-order valence-electron chi connectivity index (χ2n) is 5.78. The highest BCUT2D eigenvalue weighted by Gasteiger charge is 2.08. The fourth-order valence-corrected chi connectivity index (χ4v) is 2.65. The topological polar surface area (TPSA) is 42.2 Å². The van der Waals surface area contributed by atoms with Gasteiger partial charge in [-0.2, -0.15) is 5.10 Å². The van der Waals surface area contributed by atoms with E-state index in [9.17, 15) is 0 Å². The average molecular weight is 306 g/mol. The summed E-state index contributed by atoms with van der Waals surface area (Å²) in [5.74, 6) is 0.775. The average Bonchev–Trinajstić information content (AvgIpc) is 2.92. The van der Waals surface area contributed by atoms with Crippen LogP contribution in [0.3, 0.4) is 0 Å². The largest absolute Gasteiger partial charge is 0.309 e. The molecule has 1 N–H and O–H groups in total. The van der Waals surface area contributed by atoms with Gasteiger partial charge >= 0.3 is 0 Å². The highest BCUT2D eigenvalue weighted by Crippen LogP contribution is 2.19. The van der Waals surface area contributed by atoms with Crippen LogP contribution in [-0.4, -0.2) is 15.3 Å². The number of hydrogen-bond acceptors (Lipinski definition) is 3. The van der Waals surface area contributed by atoms with Crippen molar-refractivity contribution in [1.29, 1.82) is 0 Å². The molecule has 0 amide bonds. The summed E-state index contributed by atoms with van der Waals surface area (Å²) in [6.45, 7) is 9.21. The summed E-state index contributed by atoms with van der Waals surface area (Å²) in [7, 11) is 0. The minimum atomic E-state index is 0.775. The van der Waals surface area contributed by atoms with Crippen molar-refractivity contribution in [2.75, 3.05) is 5.43 Å². The molecule has 4 heteroatoms. The number of aryl methyl sites for hydroxylation is 3. The number of nitrogens with zero attached hydrogens (tertiary/aromatic N) is 3. The molecule has 1 aromatic heterocycles. The molecule has 4 nitrogen and oxygen atoms in total. The van der Waals surface area contributed by atoms with Gasteiger partial charge in [-0.05, 0) is 62.6 Å². The number of anilines is 1. The first-order valence-electron chi connectivity index (χ1n) is 7.93. The number of imidazole rings is 1. The smallest absolute Gasteiger partial charge is 0.224 e. The zero-order valence-corrected chi connectivity index (χ0v) is 14.1. The van der Waals surface area contributed by atoms with E-state index in [1.807, 2.05) is 25.1 Å². The van der Waals surface area contributed by atoms with Crippen LogP contribution in [0.4, 0.5) is 5.95 Å². The van der Waals surface area contributed by atoms with Crippen molar-refractivity contribution < 1.29 is 0 Å². The molecular formula is C19H22N4. The van der Waals surface area contributed by atoms with Crippen molar-refractivity contribution in [2.24, 2.45) is 5.10 Å². The van der Waals surface area contributed by atoms with Crippen LogP contribution in [0.1, 0.15) is 30.5 Å². The van der Waals surface area contributed by atoms with Crippen LogP contribution in [0, 0.1) is 13.8 Å². The van der Waals surface area contributed by atoms with Crippen LogP contribution in [0.15, 0.2) is 47.6 Å². The summed E-state index contributed by atoms with van der Waals surface area (Å²) >= 11 is 0. The second kappa shape index (κ2) is 6.24. The van der Waals surface area contributed by atoms with Gasteiger partial charge < -0.3 is 4.57 Å². The molecule has 0 unspecified atom stereocenters. The number of benzene rings is 2. The molecular weight excluding hydrogens is 284 g/mol. The van der Waals surface area contributed by atoms with Gasteiger partial charge in [0.15, 0.2) is 0 Å². The van der Waals surface area contributed by atoms with Gasteiger partial charge in [0.05, 0.1) is 16.7 Å². The number of para-hydroxylation sites is 2. The molecule has 0 aliphatic carbocycles. The van der Waals surface area contributed by atoms with Crippen molar-refractivity contribution in [3.8, 4) is 0 Å². The maximum Gasteiger partial charge on any atom is 0.224 e. The summed E-state index contributed by atoms with van der Waals surface area (Å²) in [6.07, 6.45) is 0. The third-order valence-corrected chi connectivity index (χ3v) is 4.22. The van der Waals surface area contributed by atoms with E-state index in [0.29, 0.717) is 0 Å². The van der Waals surface area contributed by atoms with Crippen LogP contribution >= 0.6 is 0 Å². The maximum atomic E-state index is 4.63. The predicted octanol–water partition coefficient (Wildman–Crippen LogP) is 4.51. The van der Waals surface area contributed by atoms with Crippen molar-refractivity contribution in [3.05, 3.63) is 59.2 Å². The molecule has 118 valence electrons. The van der Waals surface area contributed by atoms with E-state index in [2.05, 4.69) is 65.1 Å². The van der Waals surface area contributed by atoms with Gasteiger partial charge in [-0.3, -0.25) is 0 Å². The van der Waals surface area contributed by atoms with Crippen LogP contribution in [-0.2, 0) is 6.54 Å². The van der Waals surface area contributed by atoms with E-state index in [0.717, 1.165) is 34.8 Å². The van der Waals surface area contributed by atoms with Crippen molar-refractivity contribution in [2.45, 2.75) is 34.2 Å². The molecule has 0 radical (unpaired) electrons. The van der Waals surface area contributed by atoms with Gasteiger partial charge in [-0.25, -0.2) is 10.4 Å². The molecule has 0 saturated heterocycles. The van der Waals surface area contributed by atoms with Crippen molar-refractivity contribution >= 4 is 22.7 Å². The Kier molecular flexibility index (Phi) is 4.15. The lowest BCUT2D eigenvalue weighted by atomic mass is 10.0. The van der Waals surface area contributed by atoms with E-state index < -0.39 is 0 Å². The predicted molar refractivity (Wildman–Crippen MR) is 97.2 cm³/mol. The quantitative estimate of drug-likeness (QED) is 0.569. The van der Waals surface area contributed by atoms with Gasteiger partial charge in [0.2, 0.25) is 5.95 Å². The van der Waals surface area contributed by atoms with Gasteiger partial charge in [0.1, 0.15) is 0 Å². The van der Waals surface area contributed by atoms with Crippen LogP contribution in [0.2, 0.25) is 0 Å². The summed E-state index contributed by atoms with van der Waals surface area (Å²) < 4.78 is 2.13. The lowest BCUT2D eigenvalue weighted by molar-refractivity contribution is 0.791. The first kappa shape index (κ1) is 15.3. The van der Waals surface area contributed by atoms with Gasteiger partial charge in [-0.1, -0.05) is 24.3 Å².